The van der Waals surface area contributed by atoms with E-state index in [4.69, 9.17) is 0 Å². The number of nitrogens with one attached hydrogen (secondary N) is 1. The summed E-state index contributed by atoms with van der Waals surface area (Å²) in [6.07, 6.45) is 0.225. The second kappa shape index (κ2) is 6.29. The van der Waals surface area contributed by atoms with Gasteiger partial charge in [0.05, 0.1) is 17.9 Å². The molecule has 0 aliphatic carbocycles. The molecule has 20 heavy (non-hydrogen) atoms. The number of nitro groups is 1. The van der Waals surface area contributed by atoms with Gasteiger partial charge in [0.1, 0.15) is 0 Å². The number of hydrogen-bond acceptors (Lipinski definition) is 4. The van der Waals surface area contributed by atoms with Gasteiger partial charge in [0, 0.05) is 17.0 Å². The number of nitrogens with zero attached hydrogens (tertiary/aromatic N) is 1. The molecule has 0 aliphatic heterocycles. The average Bonchev–Trinajstić information content (AvgIpc) is 2.82. The molecule has 0 spiro atoms. The van der Waals surface area contributed by atoms with E-state index in [0.29, 0.717) is 6.54 Å². The molecule has 1 amide bonds. The maximum Gasteiger partial charge on any atom is 0.269 e. The first-order valence-electron chi connectivity index (χ1n) is 6.09. The molecule has 1 aromatic carbocycles. The van der Waals surface area contributed by atoms with Crippen LogP contribution in [0.3, 0.4) is 0 Å². The van der Waals surface area contributed by atoms with Gasteiger partial charge in [0.15, 0.2) is 0 Å². The summed E-state index contributed by atoms with van der Waals surface area (Å²) in [6.45, 7) is 2.53. The lowest BCUT2D eigenvalue weighted by Crippen LogP contribution is -2.24. The van der Waals surface area contributed by atoms with E-state index in [9.17, 15) is 14.9 Å². The molecule has 0 bridgehead atoms. The summed E-state index contributed by atoms with van der Waals surface area (Å²) in [5.74, 6) is -0.0911. The Bertz CT molecular complexity index is 620. The number of amides is 1. The van der Waals surface area contributed by atoms with E-state index in [2.05, 4.69) is 5.32 Å². The van der Waals surface area contributed by atoms with Crippen molar-refractivity contribution in [2.45, 2.75) is 19.9 Å². The molecule has 104 valence electrons. The molecule has 5 nitrogen and oxygen atoms in total. The van der Waals surface area contributed by atoms with Crippen LogP contribution in [-0.4, -0.2) is 10.8 Å². The smallest absolute Gasteiger partial charge is 0.269 e. The fourth-order valence-electron chi connectivity index (χ4n) is 1.75. The van der Waals surface area contributed by atoms with Crippen molar-refractivity contribution in [3.8, 4) is 0 Å². The van der Waals surface area contributed by atoms with Gasteiger partial charge in [0.2, 0.25) is 5.91 Å². The van der Waals surface area contributed by atoms with Crippen molar-refractivity contribution in [1.82, 2.24) is 5.32 Å². The second-order valence-corrected chi connectivity index (χ2v) is 5.40. The molecular formula is C14H14N2O3S. The van der Waals surface area contributed by atoms with Crippen molar-refractivity contribution in [2.24, 2.45) is 0 Å². The Morgan fingerprint density at radius 1 is 1.30 bits per heavy atom. The fourth-order valence-corrected chi connectivity index (χ4v) is 2.59. The Labute approximate surface area is 120 Å². The van der Waals surface area contributed by atoms with Crippen LogP contribution in [0.5, 0.6) is 0 Å². The number of non-ortho nitro benzene ring substituents is 1. The van der Waals surface area contributed by atoms with E-state index in [-0.39, 0.29) is 18.0 Å². The molecule has 1 N–H and O–H groups in total. The third-order valence-corrected chi connectivity index (χ3v) is 3.95. The number of hydrogen-bond donors (Lipinski definition) is 1. The van der Waals surface area contributed by atoms with Crippen LogP contribution in [0.2, 0.25) is 0 Å². The standard InChI is InChI=1S/C14H14N2O3S/c1-10-6-7-20-13(10)9-15-14(17)8-11-2-4-12(5-3-11)16(18)19/h2-7H,8-9H2,1H3,(H,15,17). The average molecular weight is 290 g/mol. The first-order chi connectivity index (χ1) is 9.56. The zero-order chi connectivity index (χ0) is 14.5. The largest absolute Gasteiger partial charge is 0.351 e. The number of nitro benzene ring substituents is 1. The zero-order valence-electron chi connectivity index (χ0n) is 11.0. The predicted molar refractivity (Wildman–Crippen MR) is 77.7 cm³/mol. The minimum absolute atomic E-state index is 0.0309. The molecule has 0 radical (unpaired) electrons. The maximum absolute atomic E-state index is 11.8. The first-order valence-corrected chi connectivity index (χ1v) is 6.97. The van der Waals surface area contributed by atoms with Crippen molar-refractivity contribution in [3.63, 3.8) is 0 Å². The van der Waals surface area contributed by atoms with Crippen LogP contribution in [0.4, 0.5) is 5.69 Å². The summed E-state index contributed by atoms with van der Waals surface area (Å²) < 4.78 is 0. The normalized spacial score (nSPS) is 10.2. The number of rotatable bonds is 5. The molecule has 0 saturated heterocycles. The van der Waals surface area contributed by atoms with Crippen molar-refractivity contribution < 1.29 is 9.72 Å². The minimum Gasteiger partial charge on any atom is -0.351 e. The Balaban J connectivity index is 1.88. The molecule has 2 aromatic rings. The van der Waals surface area contributed by atoms with E-state index in [1.165, 1.54) is 17.7 Å². The van der Waals surface area contributed by atoms with Gasteiger partial charge in [-0.05, 0) is 29.5 Å². The maximum atomic E-state index is 11.8. The number of carbonyl (C=O) groups excluding carboxylic acids is 1. The van der Waals surface area contributed by atoms with Crippen LogP contribution in [0.15, 0.2) is 35.7 Å². The lowest BCUT2D eigenvalue weighted by Gasteiger charge is -2.05. The van der Waals surface area contributed by atoms with Crippen LogP contribution in [-0.2, 0) is 17.8 Å². The molecular weight excluding hydrogens is 276 g/mol. The number of thiophene rings is 1. The summed E-state index contributed by atoms with van der Waals surface area (Å²) in [5.41, 5.74) is 1.96. The summed E-state index contributed by atoms with van der Waals surface area (Å²) >= 11 is 1.61. The van der Waals surface area contributed by atoms with E-state index in [0.717, 1.165) is 10.4 Å². The van der Waals surface area contributed by atoms with Crippen LogP contribution < -0.4 is 5.32 Å². The first kappa shape index (κ1) is 14.2. The molecule has 0 atom stereocenters. The van der Waals surface area contributed by atoms with Gasteiger partial charge >= 0.3 is 0 Å². The van der Waals surface area contributed by atoms with Gasteiger partial charge in [-0.15, -0.1) is 11.3 Å². The van der Waals surface area contributed by atoms with E-state index >= 15 is 0 Å². The summed E-state index contributed by atoms with van der Waals surface area (Å²) in [4.78, 5) is 23.0. The van der Waals surface area contributed by atoms with Gasteiger partial charge in [-0.2, -0.15) is 0 Å². The van der Waals surface area contributed by atoms with Crippen molar-refractivity contribution in [1.29, 1.82) is 0 Å². The van der Waals surface area contributed by atoms with E-state index in [1.807, 2.05) is 18.4 Å². The molecule has 0 unspecified atom stereocenters. The molecule has 0 aliphatic rings. The van der Waals surface area contributed by atoms with Gasteiger partial charge in [-0.25, -0.2) is 0 Å². The van der Waals surface area contributed by atoms with Gasteiger partial charge in [0.25, 0.3) is 5.69 Å². The van der Waals surface area contributed by atoms with Crippen molar-refractivity contribution in [3.05, 3.63) is 61.8 Å². The third-order valence-electron chi connectivity index (χ3n) is 2.93. The highest BCUT2D eigenvalue weighted by molar-refractivity contribution is 7.10. The van der Waals surface area contributed by atoms with Gasteiger partial charge < -0.3 is 5.32 Å². The quantitative estimate of drug-likeness (QED) is 0.680. The SMILES string of the molecule is Cc1ccsc1CNC(=O)Cc1ccc([N+](=O)[O-])cc1. The summed E-state index contributed by atoms with van der Waals surface area (Å²) in [6, 6.07) is 8.04. The van der Waals surface area contributed by atoms with Crippen LogP contribution in [0.25, 0.3) is 0 Å². The van der Waals surface area contributed by atoms with Crippen molar-refractivity contribution >= 4 is 22.9 Å². The number of carbonyl (C=O) groups is 1. The van der Waals surface area contributed by atoms with E-state index in [1.54, 1.807) is 23.5 Å². The lowest BCUT2D eigenvalue weighted by molar-refractivity contribution is -0.384. The van der Waals surface area contributed by atoms with Crippen molar-refractivity contribution in [2.75, 3.05) is 0 Å². The van der Waals surface area contributed by atoms with Crippen LogP contribution in [0, 0.1) is 17.0 Å². The minimum atomic E-state index is -0.455. The Kier molecular flexibility index (Phi) is 4.47. The molecule has 6 heteroatoms. The summed E-state index contributed by atoms with van der Waals surface area (Å²) in [7, 11) is 0. The molecule has 2 rings (SSSR count). The molecule has 1 aromatic heterocycles. The molecule has 0 fully saturated rings. The number of benzene rings is 1. The highest BCUT2D eigenvalue weighted by Crippen LogP contribution is 2.15. The predicted octanol–water partition coefficient (Wildman–Crippen LogP) is 2.82. The second-order valence-electron chi connectivity index (χ2n) is 4.40. The monoisotopic (exact) mass is 290 g/mol. The highest BCUT2D eigenvalue weighted by atomic mass is 32.1. The molecule has 1 heterocycles. The van der Waals surface area contributed by atoms with Gasteiger partial charge in [-0.1, -0.05) is 12.1 Å². The van der Waals surface area contributed by atoms with Crippen LogP contribution >= 0.6 is 11.3 Å². The topological polar surface area (TPSA) is 72.2 Å². The van der Waals surface area contributed by atoms with Gasteiger partial charge in [-0.3, -0.25) is 14.9 Å². The Morgan fingerprint density at radius 3 is 2.55 bits per heavy atom. The lowest BCUT2D eigenvalue weighted by atomic mass is 10.1. The van der Waals surface area contributed by atoms with Crippen LogP contribution in [0.1, 0.15) is 16.0 Å². The summed E-state index contributed by atoms with van der Waals surface area (Å²) in [5, 5.41) is 15.4. The van der Waals surface area contributed by atoms with E-state index < -0.39 is 4.92 Å². The highest BCUT2D eigenvalue weighted by Gasteiger charge is 2.08. The Hall–Kier alpha value is -2.21. The number of aryl methyl sites for hydroxylation is 1. The molecule has 0 saturated carbocycles. The third kappa shape index (κ3) is 3.64. The Morgan fingerprint density at radius 2 is 2.00 bits per heavy atom. The fraction of sp³-hybridized carbons (Fsp3) is 0.214. The zero-order valence-corrected chi connectivity index (χ0v) is 11.8.